The lowest BCUT2D eigenvalue weighted by Gasteiger charge is -2.34. The van der Waals surface area contributed by atoms with Gasteiger partial charge in [-0.1, -0.05) is 23.8 Å². The molecule has 2 aromatic rings. The van der Waals surface area contributed by atoms with Crippen LogP contribution in [0.3, 0.4) is 0 Å². The molecular formula is C21H24N2O4. The smallest absolute Gasteiger partial charge is 0.260 e. The maximum atomic E-state index is 12.5. The summed E-state index contributed by atoms with van der Waals surface area (Å²) in [6.07, 6.45) is 0. The molecule has 1 aliphatic heterocycles. The van der Waals surface area contributed by atoms with Crippen LogP contribution >= 0.6 is 0 Å². The molecule has 0 atom stereocenters. The Bertz CT molecular complexity index is 796. The molecule has 1 aliphatic rings. The number of hydrogen-bond donors (Lipinski definition) is 0. The number of nitrogens with zero attached hydrogens (tertiary/aromatic N) is 2. The molecule has 0 unspecified atom stereocenters. The molecule has 3 rings (SSSR count). The molecule has 1 fully saturated rings. The second kappa shape index (κ2) is 8.58. The van der Waals surface area contributed by atoms with E-state index in [1.54, 1.807) is 29.0 Å². The summed E-state index contributed by atoms with van der Waals surface area (Å²) >= 11 is 0. The Kier molecular flexibility index (Phi) is 5.96. The molecule has 1 saturated heterocycles. The zero-order valence-electron chi connectivity index (χ0n) is 15.7. The molecule has 0 N–H and O–H groups in total. The summed E-state index contributed by atoms with van der Waals surface area (Å²) in [6, 6.07) is 14.7. The van der Waals surface area contributed by atoms with E-state index in [0.29, 0.717) is 43.2 Å². The van der Waals surface area contributed by atoms with Gasteiger partial charge in [0, 0.05) is 37.8 Å². The first-order valence-electron chi connectivity index (χ1n) is 8.97. The third-order valence-corrected chi connectivity index (χ3v) is 4.62. The highest BCUT2D eigenvalue weighted by molar-refractivity contribution is 5.94. The van der Waals surface area contributed by atoms with Crippen molar-refractivity contribution >= 4 is 11.8 Å². The fourth-order valence-electron chi connectivity index (χ4n) is 2.96. The molecule has 0 aromatic heterocycles. The fraction of sp³-hybridized carbons (Fsp3) is 0.333. The van der Waals surface area contributed by atoms with Gasteiger partial charge in [-0.2, -0.15) is 0 Å². The van der Waals surface area contributed by atoms with Crippen LogP contribution in [0.2, 0.25) is 0 Å². The SMILES string of the molecule is COc1cccc(OCC(=O)N2CCN(C(=O)c3ccc(C)cc3)CC2)c1. The molecule has 6 heteroatoms. The third kappa shape index (κ3) is 4.78. The van der Waals surface area contributed by atoms with Gasteiger partial charge in [0.2, 0.25) is 0 Å². The normalized spacial score (nSPS) is 14.0. The third-order valence-electron chi connectivity index (χ3n) is 4.62. The quantitative estimate of drug-likeness (QED) is 0.813. The largest absolute Gasteiger partial charge is 0.497 e. The zero-order valence-corrected chi connectivity index (χ0v) is 15.7. The minimum absolute atomic E-state index is 0.00901. The number of amides is 2. The zero-order chi connectivity index (χ0) is 19.2. The van der Waals surface area contributed by atoms with Gasteiger partial charge in [-0.15, -0.1) is 0 Å². The van der Waals surface area contributed by atoms with Gasteiger partial charge in [-0.25, -0.2) is 0 Å². The lowest BCUT2D eigenvalue weighted by Crippen LogP contribution is -2.51. The van der Waals surface area contributed by atoms with Crippen LogP contribution in [0.5, 0.6) is 11.5 Å². The van der Waals surface area contributed by atoms with Crippen molar-refractivity contribution in [2.45, 2.75) is 6.92 Å². The summed E-state index contributed by atoms with van der Waals surface area (Å²) in [7, 11) is 1.58. The number of benzene rings is 2. The molecule has 0 spiro atoms. The maximum Gasteiger partial charge on any atom is 0.260 e. The number of ether oxygens (including phenoxy) is 2. The number of hydrogen-bond acceptors (Lipinski definition) is 4. The summed E-state index contributed by atoms with van der Waals surface area (Å²) in [4.78, 5) is 28.4. The molecule has 0 radical (unpaired) electrons. The second-order valence-electron chi connectivity index (χ2n) is 6.51. The van der Waals surface area contributed by atoms with E-state index in [0.717, 1.165) is 5.56 Å². The average molecular weight is 368 g/mol. The summed E-state index contributed by atoms with van der Waals surface area (Å²) in [6.45, 7) is 4.04. The van der Waals surface area contributed by atoms with Crippen LogP contribution in [0.25, 0.3) is 0 Å². The molecule has 2 aromatic carbocycles. The Morgan fingerprint density at radius 2 is 1.56 bits per heavy atom. The van der Waals surface area contributed by atoms with Gasteiger partial charge in [-0.05, 0) is 31.2 Å². The van der Waals surface area contributed by atoms with E-state index in [1.165, 1.54) is 0 Å². The van der Waals surface area contributed by atoms with Crippen LogP contribution in [0.4, 0.5) is 0 Å². The minimum Gasteiger partial charge on any atom is -0.497 e. The van der Waals surface area contributed by atoms with Gasteiger partial charge < -0.3 is 19.3 Å². The van der Waals surface area contributed by atoms with Crippen LogP contribution in [0.1, 0.15) is 15.9 Å². The van der Waals surface area contributed by atoms with Crippen molar-refractivity contribution in [3.05, 3.63) is 59.7 Å². The number of carbonyl (C=O) groups is 2. The fourth-order valence-corrected chi connectivity index (χ4v) is 2.96. The van der Waals surface area contributed by atoms with Crippen molar-refractivity contribution in [2.75, 3.05) is 39.9 Å². The highest BCUT2D eigenvalue weighted by atomic mass is 16.5. The predicted octanol–water partition coefficient (Wildman–Crippen LogP) is 2.37. The van der Waals surface area contributed by atoms with Crippen molar-refractivity contribution < 1.29 is 19.1 Å². The first kappa shape index (κ1) is 18.8. The van der Waals surface area contributed by atoms with Gasteiger partial charge in [0.15, 0.2) is 6.61 Å². The number of methoxy groups -OCH3 is 1. The monoisotopic (exact) mass is 368 g/mol. The van der Waals surface area contributed by atoms with Crippen LogP contribution in [0, 0.1) is 6.92 Å². The minimum atomic E-state index is -0.0831. The predicted molar refractivity (Wildman–Crippen MR) is 102 cm³/mol. The van der Waals surface area contributed by atoms with Gasteiger partial charge >= 0.3 is 0 Å². The standard InChI is InChI=1S/C21H24N2O4/c1-16-6-8-17(9-7-16)21(25)23-12-10-22(11-13-23)20(24)15-27-19-5-3-4-18(14-19)26-2/h3-9,14H,10-13,15H2,1-2H3. The van der Waals surface area contributed by atoms with Crippen LogP contribution in [-0.4, -0.2) is 61.5 Å². The van der Waals surface area contributed by atoms with E-state index in [4.69, 9.17) is 9.47 Å². The van der Waals surface area contributed by atoms with Crippen LogP contribution < -0.4 is 9.47 Å². The Labute approximate surface area is 159 Å². The number of piperazine rings is 1. The van der Waals surface area contributed by atoms with E-state index in [9.17, 15) is 9.59 Å². The molecule has 6 nitrogen and oxygen atoms in total. The second-order valence-corrected chi connectivity index (χ2v) is 6.51. The van der Waals surface area contributed by atoms with Crippen LogP contribution in [-0.2, 0) is 4.79 Å². The Balaban J connectivity index is 1.48. The Morgan fingerprint density at radius 3 is 2.22 bits per heavy atom. The number of carbonyl (C=O) groups excluding carboxylic acids is 2. The van der Waals surface area contributed by atoms with Crippen molar-refractivity contribution in [3.63, 3.8) is 0 Å². The van der Waals surface area contributed by atoms with E-state index in [2.05, 4.69) is 0 Å². The molecule has 142 valence electrons. The summed E-state index contributed by atoms with van der Waals surface area (Å²) in [5, 5.41) is 0. The van der Waals surface area contributed by atoms with Crippen LogP contribution in [0.15, 0.2) is 48.5 Å². The highest BCUT2D eigenvalue weighted by Gasteiger charge is 2.25. The molecule has 0 aliphatic carbocycles. The summed E-state index contributed by atoms with van der Waals surface area (Å²) in [5.74, 6) is 1.20. The Hall–Kier alpha value is -3.02. The van der Waals surface area contributed by atoms with E-state index < -0.39 is 0 Å². The maximum absolute atomic E-state index is 12.5. The van der Waals surface area contributed by atoms with Gasteiger partial charge in [0.05, 0.1) is 7.11 Å². The molecule has 1 heterocycles. The first-order chi connectivity index (χ1) is 13.1. The topological polar surface area (TPSA) is 59.1 Å². The summed E-state index contributed by atoms with van der Waals surface area (Å²) < 4.78 is 10.7. The van der Waals surface area contributed by atoms with Crippen molar-refractivity contribution in [1.82, 2.24) is 9.80 Å². The van der Waals surface area contributed by atoms with Crippen molar-refractivity contribution in [2.24, 2.45) is 0 Å². The number of aryl methyl sites for hydroxylation is 1. The lowest BCUT2D eigenvalue weighted by atomic mass is 10.1. The van der Waals surface area contributed by atoms with Crippen molar-refractivity contribution in [1.29, 1.82) is 0 Å². The first-order valence-corrected chi connectivity index (χ1v) is 8.97. The number of rotatable bonds is 5. The molecule has 27 heavy (non-hydrogen) atoms. The molecule has 2 amide bonds. The average Bonchev–Trinajstić information content (AvgIpc) is 2.72. The van der Waals surface area contributed by atoms with Gasteiger partial charge in [-0.3, -0.25) is 9.59 Å². The van der Waals surface area contributed by atoms with Crippen molar-refractivity contribution in [3.8, 4) is 11.5 Å². The van der Waals surface area contributed by atoms with E-state index in [1.807, 2.05) is 43.3 Å². The van der Waals surface area contributed by atoms with E-state index in [-0.39, 0.29) is 18.4 Å². The lowest BCUT2D eigenvalue weighted by molar-refractivity contribution is -0.134. The van der Waals surface area contributed by atoms with Gasteiger partial charge in [0.25, 0.3) is 11.8 Å². The van der Waals surface area contributed by atoms with E-state index >= 15 is 0 Å². The van der Waals surface area contributed by atoms with Gasteiger partial charge in [0.1, 0.15) is 11.5 Å². The summed E-state index contributed by atoms with van der Waals surface area (Å²) in [5.41, 5.74) is 1.81. The molecular weight excluding hydrogens is 344 g/mol. The molecule has 0 bridgehead atoms. The molecule has 0 saturated carbocycles. The Morgan fingerprint density at radius 1 is 0.926 bits per heavy atom. The highest BCUT2D eigenvalue weighted by Crippen LogP contribution is 2.19.